The summed E-state index contributed by atoms with van der Waals surface area (Å²) >= 11 is 0. The molecule has 0 spiro atoms. The Morgan fingerprint density at radius 1 is 1.20 bits per heavy atom. The molecule has 2 rings (SSSR count). The summed E-state index contributed by atoms with van der Waals surface area (Å²) < 4.78 is 28.2. The van der Waals surface area contributed by atoms with E-state index in [1.807, 2.05) is 6.92 Å². The summed E-state index contributed by atoms with van der Waals surface area (Å²) in [6, 6.07) is 6.15. The van der Waals surface area contributed by atoms with Crippen molar-refractivity contribution in [2.75, 3.05) is 18.1 Å². The largest absolute Gasteiger partial charge is 0.437 e. The van der Waals surface area contributed by atoms with Gasteiger partial charge in [0, 0.05) is 12.8 Å². The van der Waals surface area contributed by atoms with Gasteiger partial charge >= 0.3 is 0 Å². The number of sulfone groups is 1. The van der Waals surface area contributed by atoms with E-state index >= 15 is 0 Å². The Hall–Kier alpha value is -2.15. The van der Waals surface area contributed by atoms with E-state index in [-0.39, 0.29) is 4.90 Å². The molecule has 0 aliphatic heterocycles. The first-order valence-corrected chi connectivity index (χ1v) is 7.92. The molecule has 0 aliphatic carbocycles. The van der Waals surface area contributed by atoms with Gasteiger partial charge in [0.05, 0.1) is 17.3 Å². The van der Waals surface area contributed by atoms with E-state index in [9.17, 15) is 8.42 Å². The van der Waals surface area contributed by atoms with E-state index in [0.717, 1.165) is 12.8 Å². The summed E-state index contributed by atoms with van der Waals surface area (Å²) in [6.45, 7) is 2.69. The maximum atomic E-state index is 11.3. The van der Waals surface area contributed by atoms with Gasteiger partial charge in [-0.2, -0.15) is 4.98 Å². The normalized spacial score (nSPS) is 11.1. The highest BCUT2D eigenvalue weighted by molar-refractivity contribution is 7.90. The lowest BCUT2D eigenvalue weighted by molar-refractivity contribution is 0.460. The lowest BCUT2D eigenvalue weighted by Crippen LogP contribution is -2.01. The first-order chi connectivity index (χ1) is 9.49. The molecular weight excluding hydrogens is 278 g/mol. The Morgan fingerprint density at radius 2 is 1.90 bits per heavy atom. The lowest BCUT2D eigenvalue weighted by atomic mass is 10.3. The van der Waals surface area contributed by atoms with Crippen molar-refractivity contribution in [3.05, 3.63) is 36.7 Å². The summed E-state index contributed by atoms with van der Waals surface area (Å²) in [4.78, 5) is 8.47. The fourth-order valence-corrected chi connectivity index (χ4v) is 2.17. The summed E-state index contributed by atoms with van der Waals surface area (Å²) in [5.74, 6) is 1.47. The maximum Gasteiger partial charge on any atom is 0.239 e. The second kappa shape index (κ2) is 5.87. The summed E-state index contributed by atoms with van der Waals surface area (Å²) in [5, 5.41) is 3.03. The minimum Gasteiger partial charge on any atom is -0.437 e. The van der Waals surface area contributed by atoms with E-state index < -0.39 is 9.84 Å². The number of aromatic nitrogens is 2. The van der Waals surface area contributed by atoms with Crippen LogP contribution < -0.4 is 10.1 Å². The molecule has 0 bridgehead atoms. The molecule has 0 amide bonds. The van der Waals surface area contributed by atoms with Crippen LogP contribution in [-0.4, -0.2) is 31.2 Å². The smallest absolute Gasteiger partial charge is 0.239 e. The minimum absolute atomic E-state index is 0.248. The van der Waals surface area contributed by atoms with E-state index in [4.69, 9.17) is 4.74 Å². The average molecular weight is 293 g/mol. The molecule has 1 heterocycles. The highest BCUT2D eigenvalue weighted by Gasteiger charge is 2.07. The highest BCUT2D eigenvalue weighted by atomic mass is 32.2. The van der Waals surface area contributed by atoms with E-state index in [1.54, 1.807) is 18.3 Å². The third kappa shape index (κ3) is 3.67. The van der Waals surface area contributed by atoms with Gasteiger partial charge in [0.15, 0.2) is 9.84 Å². The number of nitrogens with one attached hydrogen (secondary N) is 1. The number of rotatable bonds is 5. The minimum atomic E-state index is -3.20. The summed E-state index contributed by atoms with van der Waals surface area (Å²) in [5.41, 5.74) is 0. The van der Waals surface area contributed by atoms with E-state index in [2.05, 4.69) is 15.3 Å². The first-order valence-electron chi connectivity index (χ1n) is 6.03. The number of anilines is 1. The molecule has 0 saturated heterocycles. The molecule has 106 valence electrons. The molecule has 0 atom stereocenters. The van der Waals surface area contributed by atoms with Gasteiger partial charge in [0.2, 0.25) is 5.88 Å². The second-order valence-electron chi connectivity index (χ2n) is 4.12. The monoisotopic (exact) mass is 293 g/mol. The quantitative estimate of drug-likeness (QED) is 0.909. The van der Waals surface area contributed by atoms with Crippen molar-refractivity contribution in [3.8, 4) is 11.6 Å². The van der Waals surface area contributed by atoms with Gasteiger partial charge in [0.1, 0.15) is 11.6 Å². The predicted octanol–water partition coefficient (Wildman–Crippen LogP) is 2.10. The molecule has 1 aromatic carbocycles. The van der Waals surface area contributed by atoms with Crippen molar-refractivity contribution in [1.29, 1.82) is 0 Å². The van der Waals surface area contributed by atoms with Gasteiger partial charge < -0.3 is 10.1 Å². The molecule has 1 N–H and O–H groups in total. The Morgan fingerprint density at radius 3 is 2.50 bits per heavy atom. The zero-order valence-electron chi connectivity index (χ0n) is 11.2. The predicted molar refractivity (Wildman–Crippen MR) is 75.8 cm³/mol. The lowest BCUT2D eigenvalue weighted by Gasteiger charge is -2.07. The fourth-order valence-electron chi connectivity index (χ4n) is 1.54. The standard InChI is InChI=1S/C13H15N3O3S/c1-3-15-12-8-14-9-13(16-12)19-10-4-6-11(7-5-10)20(2,17)18/h4-9H,3H2,1-2H3,(H,15,16). The van der Waals surface area contributed by atoms with Gasteiger partial charge in [0.25, 0.3) is 0 Å². The van der Waals surface area contributed by atoms with Crippen LogP contribution in [0.3, 0.4) is 0 Å². The average Bonchev–Trinajstić information content (AvgIpc) is 2.39. The van der Waals surface area contributed by atoms with Gasteiger partial charge in [-0.25, -0.2) is 8.42 Å². The molecule has 1 aromatic heterocycles. The third-order valence-corrected chi connectivity index (χ3v) is 3.57. The first kappa shape index (κ1) is 14.3. The van der Waals surface area contributed by atoms with Crippen molar-refractivity contribution in [3.63, 3.8) is 0 Å². The van der Waals surface area contributed by atoms with Crippen LogP contribution in [0.4, 0.5) is 5.82 Å². The second-order valence-corrected chi connectivity index (χ2v) is 6.13. The van der Waals surface area contributed by atoms with Gasteiger partial charge in [-0.05, 0) is 31.2 Å². The van der Waals surface area contributed by atoms with Crippen molar-refractivity contribution < 1.29 is 13.2 Å². The van der Waals surface area contributed by atoms with Crippen molar-refractivity contribution in [2.24, 2.45) is 0 Å². The van der Waals surface area contributed by atoms with Crippen LogP contribution in [-0.2, 0) is 9.84 Å². The molecule has 0 fully saturated rings. The van der Waals surface area contributed by atoms with Crippen LogP contribution in [0.15, 0.2) is 41.6 Å². The van der Waals surface area contributed by atoms with Gasteiger partial charge in [-0.15, -0.1) is 0 Å². The SMILES string of the molecule is CCNc1cncc(Oc2ccc(S(C)(=O)=O)cc2)n1. The van der Waals surface area contributed by atoms with E-state index in [0.29, 0.717) is 17.4 Å². The summed E-state index contributed by atoms with van der Waals surface area (Å²) in [6.07, 6.45) is 4.25. The van der Waals surface area contributed by atoms with Crippen molar-refractivity contribution in [2.45, 2.75) is 11.8 Å². The van der Waals surface area contributed by atoms with Crippen LogP contribution in [0.5, 0.6) is 11.6 Å². The fraction of sp³-hybridized carbons (Fsp3) is 0.231. The highest BCUT2D eigenvalue weighted by Crippen LogP contribution is 2.21. The molecule has 0 aliphatic rings. The Kier molecular flexibility index (Phi) is 4.19. The van der Waals surface area contributed by atoms with Crippen molar-refractivity contribution >= 4 is 15.7 Å². The zero-order valence-corrected chi connectivity index (χ0v) is 12.0. The molecule has 0 saturated carbocycles. The van der Waals surface area contributed by atoms with Gasteiger partial charge in [-0.3, -0.25) is 4.98 Å². The van der Waals surface area contributed by atoms with Gasteiger partial charge in [-0.1, -0.05) is 0 Å². The molecule has 20 heavy (non-hydrogen) atoms. The Bertz CT molecular complexity index is 684. The number of hydrogen-bond donors (Lipinski definition) is 1. The molecule has 6 nitrogen and oxygen atoms in total. The number of nitrogens with zero attached hydrogens (tertiary/aromatic N) is 2. The van der Waals surface area contributed by atoms with E-state index in [1.165, 1.54) is 18.3 Å². The Balaban J connectivity index is 2.16. The maximum absolute atomic E-state index is 11.3. The topological polar surface area (TPSA) is 81.2 Å². The van der Waals surface area contributed by atoms with Crippen LogP contribution in [0.1, 0.15) is 6.92 Å². The summed E-state index contributed by atoms with van der Waals surface area (Å²) in [7, 11) is -3.20. The number of ether oxygens (including phenoxy) is 1. The third-order valence-electron chi connectivity index (χ3n) is 2.44. The van der Waals surface area contributed by atoms with Crippen molar-refractivity contribution in [1.82, 2.24) is 9.97 Å². The molecular formula is C13H15N3O3S. The van der Waals surface area contributed by atoms with Crippen LogP contribution in [0.2, 0.25) is 0 Å². The molecule has 2 aromatic rings. The Labute approximate surface area is 117 Å². The number of hydrogen-bond acceptors (Lipinski definition) is 6. The van der Waals surface area contributed by atoms with Crippen LogP contribution >= 0.6 is 0 Å². The molecule has 7 heteroatoms. The van der Waals surface area contributed by atoms with Crippen LogP contribution in [0, 0.1) is 0 Å². The zero-order chi connectivity index (χ0) is 14.6. The van der Waals surface area contributed by atoms with Crippen LogP contribution in [0.25, 0.3) is 0 Å². The molecule has 0 radical (unpaired) electrons. The molecule has 0 unspecified atom stereocenters. The number of benzene rings is 1.